The third-order valence-corrected chi connectivity index (χ3v) is 7.71. The van der Waals surface area contributed by atoms with E-state index < -0.39 is 17.5 Å². The van der Waals surface area contributed by atoms with Gasteiger partial charge >= 0.3 is 0 Å². The second-order valence-corrected chi connectivity index (χ2v) is 9.78. The van der Waals surface area contributed by atoms with Crippen LogP contribution in [-0.2, 0) is 4.79 Å². The maximum absolute atomic E-state index is 13.4. The number of hydrogen-bond donors (Lipinski definition) is 1. The molecule has 0 bridgehead atoms. The molecule has 8 heteroatoms. The molecule has 1 aromatic heterocycles. The highest BCUT2D eigenvalue weighted by Crippen LogP contribution is 2.34. The van der Waals surface area contributed by atoms with Gasteiger partial charge in [-0.1, -0.05) is 18.2 Å². The Morgan fingerprint density at radius 1 is 1.00 bits per heavy atom. The van der Waals surface area contributed by atoms with E-state index in [1.54, 1.807) is 4.90 Å². The van der Waals surface area contributed by atoms with Gasteiger partial charge in [0.2, 0.25) is 5.91 Å². The normalized spacial score (nSPS) is 18.6. The number of fused-ring (bicyclic) bond motifs is 1. The zero-order valence-electron chi connectivity index (χ0n) is 20.4. The molecule has 0 unspecified atom stereocenters. The summed E-state index contributed by atoms with van der Waals surface area (Å²) < 4.78 is 39.9. The van der Waals surface area contributed by atoms with Crippen molar-refractivity contribution in [3.05, 3.63) is 77.2 Å². The van der Waals surface area contributed by atoms with E-state index in [9.17, 15) is 18.0 Å². The van der Waals surface area contributed by atoms with Crippen molar-refractivity contribution in [3.8, 4) is 0 Å². The molecule has 0 atom stereocenters. The van der Waals surface area contributed by atoms with Gasteiger partial charge in [0.25, 0.3) is 0 Å². The molecule has 0 radical (unpaired) electrons. The van der Waals surface area contributed by atoms with Crippen molar-refractivity contribution < 1.29 is 18.0 Å². The number of rotatable bonds is 5. The van der Waals surface area contributed by atoms with E-state index in [0.717, 1.165) is 50.9 Å². The number of aromatic amines is 1. The van der Waals surface area contributed by atoms with E-state index in [4.69, 9.17) is 0 Å². The predicted octanol–water partition coefficient (Wildman–Crippen LogP) is 5.32. The van der Waals surface area contributed by atoms with Crippen molar-refractivity contribution in [1.82, 2.24) is 19.9 Å². The molecule has 2 saturated heterocycles. The summed E-state index contributed by atoms with van der Waals surface area (Å²) in [6.07, 6.45) is 8.73. The molecule has 0 spiro atoms. The van der Waals surface area contributed by atoms with Gasteiger partial charge in [0, 0.05) is 62.4 Å². The van der Waals surface area contributed by atoms with Gasteiger partial charge in [-0.2, -0.15) is 0 Å². The first-order valence-corrected chi connectivity index (χ1v) is 12.6. The smallest absolute Gasteiger partial charge is 0.246 e. The number of piperidine rings is 2. The van der Waals surface area contributed by atoms with Gasteiger partial charge in [-0.3, -0.25) is 4.79 Å². The number of hydrazine groups is 1. The average Bonchev–Trinajstić information content (AvgIpc) is 3.34. The second-order valence-electron chi connectivity index (χ2n) is 9.78. The summed E-state index contributed by atoms with van der Waals surface area (Å²) in [5, 5.41) is 6.11. The van der Waals surface area contributed by atoms with Crippen molar-refractivity contribution in [1.29, 1.82) is 0 Å². The van der Waals surface area contributed by atoms with Crippen LogP contribution in [0.3, 0.4) is 0 Å². The molecule has 5 nitrogen and oxygen atoms in total. The van der Waals surface area contributed by atoms with Crippen molar-refractivity contribution >= 4 is 22.9 Å². The molecule has 5 rings (SSSR count). The first-order valence-electron chi connectivity index (χ1n) is 12.6. The van der Waals surface area contributed by atoms with Crippen LogP contribution in [-0.4, -0.2) is 65.1 Å². The monoisotopic (exact) mass is 496 g/mol. The van der Waals surface area contributed by atoms with E-state index in [1.165, 1.54) is 28.6 Å². The van der Waals surface area contributed by atoms with Gasteiger partial charge in [0.1, 0.15) is 0 Å². The predicted molar refractivity (Wildman–Crippen MR) is 135 cm³/mol. The van der Waals surface area contributed by atoms with Crippen LogP contribution in [0.1, 0.15) is 42.7 Å². The van der Waals surface area contributed by atoms with Gasteiger partial charge in [0.15, 0.2) is 17.5 Å². The molecule has 0 saturated carbocycles. The van der Waals surface area contributed by atoms with Gasteiger partial charge in [-0.05, 0) is 67.0 Å². The fourth-order valence-electron chi connectivity index (χ4n) is 5.56. The molecule has 190 valence electrons. The molecular formula is C28H31F3N4O. The summed E-state index contributed by atoms with van der Waals surface area (Å²) in [5.41, 5.74) is 2.73. The molecular weight excluding hydrogens is 465 g/mol. The minimum absolute atomic E-state index is 0.116. The third-order valence-electron chi connectivity index (χ3n) is 7.71. The SMILES string of the molecule is CN(C1CCN(C(=O)C=Cc2cc(F)c(F)c(F)c2)CC1)N1CCC(c2c[nH]c3ccccc23)CC1. The quantitative estimate of drug-likeness (QED) is 0.384. The Labute approximate surface area is 209 Å². The molecule has 2 aliphatic rings. The Kier molecular flexibility index (Phi) is 7.16. The zero-order chi connectivity index (χ0) is 25.2. The van der Waals surface area contributed by atoms with E-state index in [-0.39, 0.29) is 11.5 Å². The highest BCUT2D eigenvalue weighted by molar-refractivity contribution is 5.91. The molecule has 36 heavy (non-hydrogen) atoms. The largest absolute Gasteiger partial charge is 0.361 e. The number of para-hydroxylation sites is 1. The molecule has 3 heterocycles. The topological polar surface area (TPSA) is 42.6 Å². The number of benzene rings is 2. The maximum Gasteiger partial charge on any atom is 0.246 e. The number of nitrogens with zero attached hydrogens (tertiary/aromatic N) is 3. The Bertz CT molecular complexity index is 1230. The Morgan fingerprint density at radius 2 is 1.67 bits per heavy atom. The number of likely N-dealkylation sites (tertiary alicyclic amines) is 1. The molecule has 2 aliphatic heterocycles. The minimum atomic E-state index is -1.51. The van der Waals surface area contributed by atoms with E-state index >= 15 is 0 Å². The molecule has 1 N–H and O–H groups in total. The zero-order valence-corrected chi connectivity index (χ0v) is 20.4. The molecule has 3 aromatic rings. The first-order chi connectivity index (χ1) is 17.4. The van der Waals surface area contributed by atoms with Gasteiger partial charge in [-0.15, -0.1) is 0 Å². The number of carbonyl (C=O) groups excluding carboxylic acids is 1. The van der Waals surface area contributed by atoms with Gasteiger partial charge < -0.3 is 9.88 Å². The summed E-state index contributed by atoms with van der Waals surface area (Å²) in [6, 6.07) is 10.6. The average molecular weight is 497 g/mol. The summed E-state index contributed by atoms with van der Waals surface area (Å²) in [5.74, 6) is -3.69. The van der Waals surface area contributed by atoms with Crippen molar-refractivity contribution in [2.45, 2.75) is 37.6 Å². The summed E-state index contributed by atoms with van der Waals surface area (Å²) in [7, 11) is 2.14. The second kappa shape index (κ2) is 10.5. The van der Waals surface area contributed by atoms with Crippen LogP contribution < -0.4 is 0 Å². The Hall–Kier alpha value is -3.10. The van der Waals surface area contributed by atoms with Crippen LogP contribution in [0.15, 0.2) is 48.7 Å². The lowest BCUT2D eigenvalue weighted by Crippen LogP contribution is -2.53. The highest BCUT2D eigenvalue weighted by Gasteiger charge is 2.30. The van der Waals surface area contributed by atoms with E-state index in [2.05, 4.69) is 52.5 Å². The number of H-pyrrole nitrogens is 1. The number of carbonyl (C=O) groups is 1. The van der Waals surface area contributed by atoms with Gasteiger partial charge in [0.05, 0.1) is 0 Å². The van der Waals surface area contributed by atoms with Gasteiger partial charge in [-0.25, -0.2) is 23.2 Å². The number of nitrogens with one attached hydrogen (secondary N) is 1. The molecule has 2 aromatic carbocycles. The Balaban J connectivity index is 1.11. The van der Waals surface area contributed by atoms with E-state index in [1.807, 2.05) is 0 Å². The summed E-state index contributed by atoms with van der Waals surface area (Å²) >= 11 is 0. The van der Waals surface area contributed by atoms with Crippen LogP contribution in [0.2, 0.25) is 0 Å². The highest BCUT2D eigenvalue weighted by atomic mass is 19.2. The standard InChI is InChI=1S/C28H31F3N4O/c1-33(35-14-8-20(9-15-35)23-18-32-26-5-3-2-4-22(23)26)21-10-12-34(13-11-21)27(36)7-6-19-16-24(29)28(31)25(30)17-19/h2-7,16-18,20-21,32H,8-15H2,1H3. The maximum atomic E-state index is 13.4. The van der Waals surface area contributed by atoms with Crippen LogP contribution in [0.4, 0.5) is 13.2 Å². The summed E-state index contributed by atoms with van der Waals surface area (Å²) in [6.45, 7) is 3.26. The van der Waals surface area contributed by atoms with Crippen LogP contribution in [0.5, 0.6) is 0 Å². The summed E-state index contributed by atoms with van der Waals surface area (Å²) in [4.78, 5) is 17.7. The van der Waals surface area contributed by atoms with Crippen LogP contribution >= 0.6 is 0 Å². The molecule has 0 aliphatic carbocycles. The van der Waals surface area contributed by atoms with Crippen LogP contribution in [0, 0.1) is 17.5 Å². The minimum Gasteiger partial charge on any atom is -0.361 e. The number of aromatic nitrogens is 1. The first kappa shape index (κ1) is 24.6. The van der Waals surface area contributed by atoms with E-state index in [0.29, 0.717) is 25.0 Å². The number of amides is 1. The van der Waals surface area contributed by atoms with Crippen LogP contribution in [0.25, 0.3) is 17.0 Å². The number of hydrogen-bond acceptors (Lipinski definition) is 3. The molecule has 1 amide bonds. The van der Waals surface area contributed by atoms with Crippen molar-refractivity contribution in [3.63, 3.8) is 0 Å². The number of halogens is 3. The third kappa shape index (κ3) is 5.06. The molecule has 2 fully saturated rings. The fraction of sp³-hybridized carbons (Fsp3) is 0.393. The lowest BCUT2D eigenvalue weighted by atomic mass is 9.89. The van der Waals surface area contributed by atoms with Crippen molar-refractivity contribution in [2.24, 2.45) is 0 Å². The fourth-order valence-corrected chi connectivity index (χ4v) is 5.56. The lowest BCUT2D eigenvalue weighted by molar-refractivity contribution is -0.129. The van der Waals surface area contributed by atoms with Crippen molar-refractivity contribution in [2.75, 3.05) is 33.2 Å². The Morgan fingerprint density at radius 3 is 2.36 bits per heavy atom. The lowest BCUT2D eigenvalue weighted by Gasteiger charge is -2.44.